The van der Waals surface area contributed by atoms with Gasteiger partial charge in [0.05, 0.1) is 23.3 Å². The molecule has 9 heteroatoms. The van der Waals surface area contributed by atoms with E-state index in [-0.39, 0.29) is 28.5 Å². The highest BCUT2D eigenvalue weighted by atomic mass is 35.5. The third-order valence-corrected chi connectivity index (χ3v) is 7.01. The predicted molar refractivity (Wildman–Crippen MR) is 114 cm³/mol. The number of benzene rings is 3. The molecule has 0 saturated carbocycles. The Bertz CT molecular complexity index is 1230. The number of fused-ring (bicyclic) bond motifs is 1. The molecule has 1 aliphatic heterocycles. The van der Waals surface area contributed by atoms with Gasteiger partial charge in [-0.25, -0.2) is 17.6 Å². The van der Waals surface area contributed by atoms with Crippen LogP contribution in [0.1, 0.15) is 22.0 Å². The van der Waals surface area contributed by atoms with Crippen LogP contribution in [0.25, 0.3) is 0 Å². The fourth-order valence-electron chi connectivity index (χ4n) is 3.39. The fraction of sp³-hybridized carbons (Fsp3) is 0.136. The molecule has 0 N–H and O–H groups in total. The minimum atomic E-state index is -4.10. The van der Waals surface area contributed by atoms with Gasteiger partial charge < -0.3 is 9.47 Å². The summed E-state index contributed by atoms with van der Waals surface area (Å²) in [6.45, 7) is -0.000314. The van der Waals surface area contributed by atoms with Crippen molar-refractivity contribution in [2.24, 2.45) is 0 Å². The van der Waals surface area contributed by atoms with Crippen LogP contribution < -0.4 is 9.04 Å². The molecule has 1 atom stereocenters. The minimum absolute atomic E-state index is 0.000314. The lowest BCUT2D eigenvalue weighted by Gasteiger charge is -2.38. The average Bonchev–Trinajstić information content (AvgIpc) is 2.78. The van der Waals surface area contributed by atoms with E-state index in [1.807, 2.05) is 0 Å². The Morgan fingerprint density at radius 3 is 2.42 bits per heavy atom. The molecule has 1 aliphatic rings. The van der Waals surface area contributed by atoms with E-state index in [1.54, 1.807) is 24.3 Å². The first kappa shape index (κ1) is 21.1. The Labute approximate surface area is 183 Å². The zero-order valence-corrected chi connectivity index (χ0v) is 17.9. The summed E-state index contributed by atoms with van der Waals surface area (Å²) in [6, 6.07) is 15.0. The lowest BCUT2D eigenvalue weighted by atomic mass is 10.0. The number of methoxy groups -OCH3 is 1. The second-order valence-corrected chi connectivity index (χ2v) is 9.06. The number of rotatable bonds is 4. The minimum Gasteiger partial charge on any atom is -0.489 e. The van der Waals surface area contributed by atoms with Crippen LogP contribution in [-0.4, -0.2) is 28.1 Å². The van der Waals surface area contributed by atoms with Crippen LogP contribution in [0.5, 0.6) is 5.75 Å². The van der Waals surface area contributed by atoms with Crippen molar-refractivity contribution in [3.05, 3.63) is 88.7 Å². The van der Waals surface area contributed by atoms with Crippen molar-refractivity contribution in [1.29, 1.82) is 0 Å². The van der Waals surface area contributed by atoms with Gasteiger partial charge in [0.15, 0.2) is 0 Å². The second-order valence-electron chi connectivity index (χ2n) is 6.81. The van der Waals surface area contributed by atoms with E-state index in [4.69, 9.17) is 21.1 Å². The number of esters is 1. The van der Waals surface area contributed by atoms with E-state index in [0.717, 1.165) is 12.1 Å². The van der Waals surface area contributed by atoms with Crippen LogP contribution in [0, 0.1) is 5.82 Å². The predicted octanol–water partition coefficient (Wildman–Crippen LogP) is 4.59. The molecule has 3 aromatic carbocycles. The maximum Gasteiger partial charge on any atom is 0.337 e. The number of nitrogens with zero attached hydrogens (tertiary/aromatic N) is 1. The van der Waals surface area contributed by atoms with Crippen LogP contribution >= 0.6 is 11.6 Å². The Hall–Kier alpha value is -3.10. The fourth-order valence-corrected chi connectivity index (χ4v) is 5.16. The van der Waals surface area contributed by atoms with Crippen molar-refractivity contribution in [2.45, 2.75) is 10.9 Å². The van der Waals surface area contributed by atoms with Crippen molar-refractivity contribution in [1.82, 2.24) is 0 Å². The number of carbonyl (C=O) groups is 1. The Morgan fingerprint density at radius 2 is 1.77 bits per heavy atom. The topological polar surface area (TPSA) is 72.9 Å². The molecule has 0 saturated heterocycles. The van der Waals surface area contributed by atoms with E-state index in [1.165, 1.54) is 41.7 Å². The van der Waals surface area contributed by atoms with E-state index >= 15 is 0 Å². The zero-order chi connectivity index (χ0) is 22.2. The lowest BCUT2D eigenvalue weighted by Crippen LogP contribution is -2.41. The van der Waals surface area contributed by atoms with Crippen molar-refractivity contribution >= 4 is 33.3 Å². The molecule has 160 valence electrons. The third kappa shape index (κ3) is 3.96. The molecule has 0 amide bonds. The monoisotopic (exact) mass is 461 g/mol. The number of hydrogen-bond donors (Lipinski definition) is 0. The first-order valence-electron chi connectivity index (χ1n) is 9.22. The average molecular weight is 462 g/mol. The van der Waals surface area contributed by atoms with Gasteiger partial charge in [0, 0.05) is 5.02 Å². The van der Waals surface area contributed by atoms with Crippen molar-refractivity contribution < 1.29 is 27.1 Å². The van der Waals surface area contributed by atoms with Gasteiger partial charge in [-0.15, -0.1) is 0 Å². The highest BCUT2D eigenvalue weighted by Gasteiger charge is 2.38. The number of ether oxygens (including phenoxy) is 2. The van der Waals surface area contributed by atoms with Gasteiger partial charge in [-0.1, -0.05) is 23.7 Å². The van der Waals surface area contributed by atoms with Gasteiger partial charge in [-0.3, -0.25) is 4.31 Å². The van der Waals surface area contributed by atoms with Crippen LogP contribution in [-0.2, 0) is 14.8 Å². The largest absolute Gasteiger partial charge is 0.489 e. The molecule has 1 unspecified atom stereocenters. The molecule has 0 fully saturated rings. The number of hydrogen-bond acceptors (Lipinski definition) is 5. The number of halogens is 2. The second kappa shape index (κ2) is 8.20. The van der Waals surface area contributed by atoms with Crippen molar-refractivity contribution in [3.63, 3.8) is 0 Å². The molecule has 0 aromatic heterocycles. The molecule has 0 aliphatic carbocycles. The summed E-state index contributed by atoms with van der Waals surface area (Å²) in [5.74, 6) is -0.892. The van der Waals surface area contributed by atoms with Crippen molar-refractivity contribution in [2.75, 3.05) is 18.0 Å². The number of anilines is 1. The molecule has 1 heterocycles. The first-order valence-corrected chi connectivity index (χ1v) is 11.0. The summed E-state index contributed by atoms with van der Waals surface area (Å²) in [4.78, 5) is 11.8. The molecule has 0 spiro atoms. The quantitative estimate of drug-likeness (QED) is 0.531. The molecule has 0 radical (unpaired) electrons. The molecule has 6 nitrogen and oxygen atoms in total. The van der Waals surface area contributed by atoms with Crippen LogP contribution in [0.15, 0.2) is 71.6 Å². The van der Waals surface area contributed by atoms with Crippen LogP contribution in [0.3, 0.4) is 0 Å². The summed E-state index contributed by atoms with van der Waals surface area (Å²) >= 11 is 5.99. The number of carbonyl (C=O) groups excluding carboxylic acids is 1. The highest BCUT2D eigenvalue weighted by Crippen LogP contribution is 2.43. The summed E-state index contributed by atoms with van der Waals surface area (Å²) in [5, 5.41) is 0.511. The van der Waals surface area contributed by atoms with E-state index in [9.17, 15) is 17.6 Å². The Kier molecular flexibility index (Phi) is 5.60. The number of sulfonamides is 1. The first-order chi connectivity index (χ1) is 14.8. The van der Waals surface area contributed by atoms with Gasteiger partial charge in [-0.2, -0.15) is 0 Å². The Balaban J connectivity index is 1.87. The van der Waals surface area contributed by atoms with Gasteiger partial charge >= 0.3 is 5.97 Å². The summed E-state index contributed by atoms with van der Waals surface area (Å²) in [6.07, 6.45) is 0. The molecule has 0 bridgehead atoms. The van der Waals surface area contributed by atoms with E-state index in [0.29, 0.717) is 10.6 Å². The van der Waals surface area contributed by atoms with E-state index < -0.39 is 27.9 Å². The van der Waals surface area contributed by atoms with Crippen molar-refractivity contribution in [3.8, 4) is 5.75 Å². The highest BCUT2D eigenvalue weighted by molar-refractivity contribution is 7.92. The summed E-state index contributed by atoms with van der Waals surface area (Å²) in [7, 11) is -2.85. The van der Waals surface area contributed by atoms with Crippen LogP contribution in [0.2, 0.25) is 5.02 Å². The van der Waals surface area contributed by atoms with E-state index in [2.05, 4.69) is 0 Å². The smallest absolute Gasteiger partial charge is 0.337 e. The molecular formula is C22H17ClFNO5S. The maximum absolute atomic E-state index is 13.6. The molecule has 3 aromatic rings. The van der Waals surface area contributed by atoms with Crippen LogP contribution in [0.4, 0.5) is 10.1 Å². The normalized spacial score (nSPS) is 15.7. The Morgan fingerprint density at radius 1 is 1.10 bits per heavy atom. The summed E-state index contributed by atoms with van der Waals surface area (Å²) < 4.78 is 52.4. The maximum atomic E-state index is 13.6. The van der Waals surface area contributed by atoms with Gasteiger partial charge in [-0.05, 0) is 60.2 Å². The lowest BCUT2D eigenvalue weighted by molar-refractivity contribution is 0.0600. The standard InChI is InChI=1S/C22H17ClFNO5S/c1-29-22(26)15-4-11-19-21(12-15)30-13-20(14-2-5-16(23)6-3-14)25(19)31(27,28)18-9-7-17(24)8-10-18/h2-12,20H,13H2,1H3. The van der Waals surface area contributed by atoms with Gasteiger partial charge in [0.1, 0.15) is 24.2 Å². The zero-order valence-electron chi connectivity index (χ0n) is 16.3. The molecule has 4 rings (SSSR count). The summed E-state index contributed by atoms with van der Waals surface area (Å²) in [5.41, 5.74) is 1.14. The van der Waals surface area contributed by atoms with Gasteiger partial charge in [0.2, 0.25) is 0 Å². The third-order valence-electron chi connectivity index (χ3n) is 4.92. The SMILES string of the molecule is COC(=O)c1ccc2c(c1)OCC(c1ccc(Cl)cc1)N2S(=O)(=O)c1ccc(F)cc1. The molecular weight excluding hydrogens is 445 g/mol. The molecule has 31 heavy (non-hydrogen) atoms. The van der Waals surface area contributed by atoms with Gasteiger partial charge in [0.25, 0.3) is 10.0 Å².